The molecule has 1 aromatic carbocycles. The highest BCUT2D eigenvalue weighted by atomic mass is 35.5. The van der Waals surface area contributed by atoms with Gasteiger partial charge in [0.1, 0.15) is 10.0 Å². The molecule has 1 N–H and O–H groups in total. The molecule has 0 aromatic heterocycles. The lowest BCUT2D eigenvalue weighted by Crippen LogP contribution is -2.41. The average molecular weight is 307 g/mol. The number of benzene rings is 1. The van der Waals surface area contributed by atoms with Crippen molar-refractivity contribution in [3.05, 3.63) is 27.2 Å². The largest absolute Gasteiger partial charge is 0.272 e. The van der Waals surface area contributed by atoms with Crippen molar-refractivity contribution >= 4 is 46.2 Å². The Labute approximate surface area is 123 Å². The summed E-state index contributed by atoms with van der Waals surface area (Å²) >= 11 is 18.4. The molecular weight excluding hydrogens is 291 g/mol. The lowest BCUT2D eigenvalue weighted by Gasteiger charge is -2.19. The molecule has 1 heterocycles. The van der Waals surface area contributed by atoms with Gasteiger partial charge in [-0.15, -0.1) is 0 Å². The number of hydrazine groups is 1. The number of nitrogens with one attached hydrogen (secondary N) is 1. The van der Waals surface area contributed by atoms with E-state index in [1.807, 2.05) is 4.68 Å². The normalized spacial score (nSPS) is 22.3. The molecule has 0 bridgehead atoms. The summed E-state index contributed by atoms with van der Waals surface area (Å²) in [5.74, 6) is 0.389. The van der Waals surface area contributed by atoms with Crippen LogP contribution in [0.2, 0.25) is 15.1 Å². The summed E-state index contributed by atoms with van der Waals surface area (Å²) < 4.78 is 1.96. The first-order valence-corrected chi connectivity index (χ1v) is 6.93. The molecule has 5 heteroatoms. The van der Waals surface area contributed by atoms with Crippen LogP contribution in [0, 0.1) is 5.92 Å². The van der Waals surface area contributed by atoms with E-state index in [9.17, 15) is 0 Å². The van der Waals surface area contributed by atoms with Crippen molar-refractivity contribution in [3.63, 3.8) is 0 Å². The third kappa shape index (κ3) is 2.22. The van der Waals surface area contributed by atoms with E-state index in [4.69, 9.17) is 34.8 Å². The summed E-state index contributed by atoms with van der Waals surface area (Å²) in [5.41, 5.74) is 5.35. The molecule has 1 aromatic rings. The van der Waals surface area contributed by atoms with Crippen LogP contribution in [-0.2, 0) is 0 Å². The molecule has 0 radical (unpaired) electrons. The van der Waals surface area contributed by atoms with Crippen LogP contribution in [0.1, 0.15) is 27.7 Å². The highest BCUT2D eigenvalue weighted by Crippen LogP contribution is 2.38. The van der Waals surface area contributed by atoms with E-state index in [0.29, 0.717) is 21.0 Å². The molecular formula is C13H16Cl3N2+. The maximum absolute atomic E-state index is 6.26. The Hall–Kier alpha value is -0.440. The number of hydrogen-bond acceptors (Lipinski definition) is 1. The minimum atomic E-state index is -0.0314. The van der Waals surface area contributed by atoms with Crippen LogP contribution in [-0.4, -0.2) is 15.9 Å². The molecule has 1 unspecified atom stereocenters. The van der Waals surface area contributed by atoms with Crippen LogP contribution in [0.5, 0.6) is 0 Å². The van der Waals surface area contributed by atoms with Crippen molar-refractivity contribution < 1.29 is 4.68 Å². The SMILES string of the molecule is CC1=[N+](c2c(Cl)cc(Cl)cc2Cl)NC(C)(C)C1C. The molecule has 98 valence electrons. The van der Waals surface area contributed by atoms with E-state index < -0.39 is 0 Å². The van der Waals surface area contributed by atoms with Crippen LogP contribution in [0.4, 0.5) is 5.69 Å². The first kappa shape index (κ1) is 14.0. The van der Waals surface area contributed by atoms with E-state index in [-0.39, 0.29) is 5.54 Å². The van der Waals surface area contributed by atoms with Crippen molar-refractivity contribution in [1.29, 1.82) is 0 Å². The summed E-state index contributed by atoms with van der Waals surface area (Å²) in [6.45, 7) is 8.56. The molecule has 1 atom stereocenters. The van der Waals surface area contributed by atoms with Crippen LogP contribution < -0.4 is 5.43 Å². The highest BCUT2D eigenvalue weighted by molar-refractivity contribution is 6.41. The number of hydrazone groups is 1. The molecule has 0 aliphatic carbocycles. The standard InChI is InChI=1S/C13H16Cl3N2/c1-7-8(2)18(17-13(7,3)4)12-10(15)5-9(14)6-11(12)16/h5-7,17H,1-4H3/q+1. The molecule has 1 aliphatic heterocycles. The minimum Gasteiger partial charge on any atom is -0.186 e. The zero-order chi connectivity index (χ0) is 13.7. The molecule has 2 nitrogen and oxygen atoms in total. The summed E-state index contributed by atoms with van der Waals surface area (Å²) in [7, 11) is 0. The fraction of sp³-hybridized carbons (Fsp3) is 0.462. The fourth-order valence-electron chi connectivity index (χ4n) is 2.17. The lowest BCUT2D eigenvalue weighted by molar-refractivity contribution is -0.509. The maximum atomic E-state index is 6.26. The second kappa shape index (κ2) is 4.59. The van der Waals surface area contributed by atoms with Gasteiger partial charge in [-0.05, 0) is 26.0 Å². The second-order valence-corrected chi connectivity index (χ2v) is 6.50. The second-order valence-electron chi connectivity index (χ2n) is 5.25. The maximum Gasteiger partial charge on any atom is 0.272 e. The molecule has 0 saturated carbocycles. The Morgan fingerprint density at radius 3 is 2.06 bits per heavy atom. The summed E-state index contributed by atoms with van der Waals surface area (Å²) in [6, 6.07) is 3.41. The molecule has 0 saturated heterocycles. The van der Waals surface area contributed by atoms with Crippen molar-refractivity contribution in [2.24, 2.45) is 5.92 Å². The van der Waals surface area contributed by atoms with E-state index in [2.05, 4.69) is 33.1 Å². The Balaban J connectivity index is 2.58. The van der Waals surface area contributed by atoms with Crippen molar-refractivity contribution in [1.82, 2.24) is 5.43 Å². The Morgan fingerprint density at radius 2 is 1.67 bits per heavy atom. The fourth-order valence-corrected chi connectivity index (χ4v) is 3.16. The predicted octanol–water partition coefficient (Wildman–Crippen LogP) is 4.68. The van der Waals surface area contributed by atoms with Gasteiger partial charge in [-0.2, -0.15) is 5.43 Å². The number of nitrogens with zero attached hydrogens (tertiary/aromatic N) is 1. The van der Waals surface area contributed by atoms with Gasteiger partial charge in [0.05, 0.1) is 11.5 Å². The number of halogens is 3. The van der Waals surface area contributed by atoms with Gasteiger partial charge in [-0.3, -0.25) is 0 Å². The van der Waals surface area contributed by atoms with Gasteiger partial charge in [0.25, 0.3) is 5.69 Å². The number of hydrogen-bond donors (Lipinski definition) is 1. The van der Waals surface area contributed by atoms with Crippen molar-refractivity contribution in [3.8, 4) is 0 Å². The van der Waals surface area contributed by atoms with Gasteiger partial charge in [0.2, 0.25) is 0 Å². The van der Waals surface area contributed by atoms with Crippen LogP contribution >= 0.6 is 34.8 Å². The molecule has 1 aliphatic rings. The van der Waals surface area contributed by atoms with Gasteiger partial charge in [0, 0.05) is 11.9 Å². The first-order chi connectivity index (χ1) is 8.24. The Kier molecular flexibility index (Phi) is 3.56. The van der Waals surface area contributed by atoms with E-state index in [1.165, 1.54) is 5.71 Å². The summed E-state index contributed by atoms with van der Waals surface area (Å²) in [5, 5.41) is 1.63. The van der Waals surface area contributed by atoms with E-state index in [0.717, 1.165) is 5.69 Å². The molecule has 0 spiro atoms. The van der Waals surface area contributed by atoms with Gasteiger partial charge >= 0.3 is 0 Å². The van der Waals surface area contributed by atoms with Gasteiger partial charge in [-0.1, -0.05) is 46.4 Å². The minimum absolute atomic E-state index is 0.0314. The van der Waals surface area contributed by atoms with E-state index >= 15 is 0 Å². The zero-order valence-electron chi connectivity index (χ0n) is 10.8. The van der Waals surface area contributed by atoms with Gasteiger partial charge in [-0.25, -0.2) is 0 Å². The Bertz CT molecular complexity index is 512. The summed E-state index contributed by atoms with van der Waals surface area (Å²) in [4.78, 5) is 0. The quantitative estimate of drug-likeness (QED) is 0.744. The smallest absolute Gasteiger partial charge is 0.186 e. The Morgan fingerprint density at radius 1 is 1.17 bits per heavy atom. The van der Waals surface area contributed by atoms with E-state index in [1.54, 1.807) is 12.1 Å². The third-order valence-electron chi connectivity index (χ3n) is 3.67. The predicted molar refractivity (Wildman–Crippen MR) is 78.5 cm³/mol. The lowest BCUT2D eigenvalue weighted by atomic mass is 9.88. The van der Waals surface area contributed by atoms with Gasteiger partial charge < -0.3 is 0 Å². The highest BCUT2D eigenvalue weighted by Gasteiger charge is 2.44. The summed E-state index contributed by atoms with van der Waals surface area (Å²) in [6.07, 6.45) is 0. The third-order valence-corrected chi connectivity index (χ3v) is 4.46. The van der Waals surface area contributed by atoms with Crippen molar-refractivity contribution in [2.45, 2.75) is 33.2 Å². The van der Waals surface area contributed by atoms with Crippen LogP contribution in [0.25, 0.3) is 0 Å². The van der Waals surface area contributed by atoms with Crippen LogP contribution in [0.15, 0.2) is 12.1 Å². The average Bonchev–Trinajstić information content (AvgIpc) is 2.41. The zero-order valence-corrected chi connectivity index (χ0v) is 13.1. The topological polar surface area (TPSA) is 15.0 Å². The first-order valence-electron chi connectivity index (χ1n) is 5.80. The van der Waals surface area contributed by atoms with Gasteiger partial charge in [0.15, 0.2) is 5.71 Å². The van der Waals surface area contributed by atoms with Crippen LogP contribution in [0.3, 0.4) is 0 Å². The monoisotopic (exact) mass is 305 g/mol. The molecule has 18 heavy (non-hydrogen) atoms. The molecule has 0 fully saturated rings. The molecule has 0 amide bonds. The molecule has 2 rings (SSSR count). The van der Waals surface area contributed by atoms with Crippen molar-refractivity contribution in [2.75, 3.05) is 0 Å². The number of rotatable bonds is 1.